The van der Waals surface area contributed by atoms with Gasteiger partial charge in [-0.1, -0.05) is 6.07 Å². The molecule has 0 fully saturated rings. The van der Waals surface area contributed by atoms with Crippen LogP contribution in [0.2, 0.25) is 0 Å². The average molecular weight is 265 g/mol. The third-order valence-electron chi connectivity index (χ3n) is 2.65. The summed E-state index contributed by atoms with van der Waals surface area (Å²) in [7, 11) is 0. The highest BCUT2D eigenvalue weighted by atomic mass is 32.1. The Bertz CT molecular complexity index is 554. The summed E-state index contributed by atoms with van der Waals surface area (Å²) in [5.41, 5.74) is 0.973. The zero-order valence-electron chi connectivity index (χ0n) is 9.68. The van der Waals surface area contributed by atoms with Crippen molar-refractivity contribution in [2.24, 2.45) is 0 Å². The molecule has 0 aliphatic heterocycles. The van der Waals surface area contributed by atoms with Crippen molar-refractivity contribution in [3.05, 3.63) is 52.0 Å². The third kappa shape index (κ3) is 2.51. The Morgan fingerprint density at radius 2 is 2.22 bits per heavy atom. The molecule has 1 unspecified atom stereocenters. The van der Waals surface area contributed by atoms with Gasteiger partial charge in [0.25, 0.3) is 0 Å². The van der Waals surface area contributed by atoms with Crippen LogP contribution in [0.5, 0.6) is 0 Å². The highest BCUT2D eigenvalue weighted by Gasteiger charge is 2.16. The van der Waals surface area contributed by atoms with Crippen molar-refractivity contribution in [1.82, 2.24) is 0 Å². The number of anilines is 1. The van der Waals surface area contributed by atoms with E-state index in [-0.39, 0.29) is 17.3 Å². The second kappa shape index (κ2) is 5.18. The molecule has 0 saturated heterocycles. The third-order valence-corrected chi connectivity index (χ3v) is 3.35. The van der Waals surface area contributed by atoms with E-state index in [0.29, 0.717) is 0 Å². The summed E-state index contributed by atoms with van der Waals surface area (Å²) in [4.78, 5) is 11.0. The first-order valence-corrected chi connectivity index (χ1v) is 6.34. The van der Waals surface area contributed by atoms with E-state index < -0.39 is 11.8 Å². The van der Waals surface area contributed by atoms with E-state index in [1.165, 1.54) is 18.2 Å². The summed E-state index contributed by atoms with van der Waals surface area (Å²) in [6.07, 6.45) is 0. The van der Waals surface area contributed by atoms with Gasteiger partial charge >= 0.3 is 5.97 Å². The average Bonchev–Trinajstić information content (AvgIpc) is 2.85. The Hall–Kier alpha value is -1.88. The zero-order chi connectivity index (χ0) is 13.1. The molecule has 1 atom stereocenters. The fourth-order valence-corrected chi connectivity index (χ4v) is 2.42. The molecule has 1 heterocycles. The number of halogens is 1. The second-order valence-corrected chi connectivity index (χ2v) is 4.67. The van der Waals surface area contributed by atoms with Crippen LogP contribution in [-0.4, -0.2) is 11.1 Å². The van der Waals surface area contributed by atoms with Crippen LogP contribution in [0.3, 0.4) is 0 Å². The van der Waals surface area contributed by atoms with E-state index in [9.17, 15) is 9.18 Å². The highest BCUT2D eigenvalue weighted by Crippen LogP contribution is 2.26. The van der Waals surface area contributed by atoms with Gasteiger partial charge in [0.15, 0.2) is 0 Å². The van der Waals surface area contributed by atoms with E-state index in [0.717, 1.165) is 5.56 Å². The molecule has 0 radical (unpaired) electrons. The Kier molecular flexibility index (Phi) is 3.62. The smallest absolute Gasteiger partial charge is 0.337 e. The van der Waals surface area contributed by atoms with Gasteiger partial charge in [-0.15, -0.1) is 0 Å². The van der Waals surface area contributed by atoms with Crippen LogP contribution < -0.4 is 5.32 Å². The molecule has 0 spiro atoms. The minimum Gasteiger partial charge on any atom is -0.478 e. The molecule has 3 nitrogen and oxygen atoms in total. The number of carbonyl (C=O) groups is 1. The number of nitrogens with one attached hydrogen (secondary N) is 1. The van der Waals surface area contributed by atoms with Gasteiger partial charge < -0.3 is 10.4 Å². The first kappa shape index (κ1) is 12.6. The topological polar surface area (TPSA) is 49.3 Å². The Morgan fingerprint density at radius 3 is 2.83 bits per heavy atom. The molecule has 2 rings (SSSR count). The predicted molar refractivity (Wildman–Crippen MR) is 69.7 cm³/mol. The summed E-state index contributed by atoms with van der Waals surface area (Å²) in [5, 5.41) is 15.8. The van der Waals surface area contributed by atoms with Crippen LogP contribution in [0, 0.1) is 5.82 Å². The lowest BCUT2D eigenvalue weighted by Gasteiger charge is -2.16. The quantitative estimate of drug-likeness (QED) is 0.885. The van der Waals surface area contributed by atoms with E-state index in [4.69, 9.17) is 5.11 Å². The maximum Gasteiger partial charge on any atom is 0.337 e. The van der Waals surface area contributed by atoms with Crippen molar-refractivity contribution < 1.29 is 14.3 Å². The van der Waals surface area contributed by atoms with Gasteiger partial charge in [0, 0.05) is 6.04 Å². The molecular formula is C13H12FNO2S. The van der Waals surface area contributed by atoms with Crippen LogP contribution in [0.25, 0.3) is 0 Å². The number of benzene rings is 1. The molecule has 0 bridgehead atoms. The number of carboxylic acid groups (broad SMARTS) is 1. The van der Waals surface area contributed by atoms with Crippen LogP contribution in [-0.2, 0) is 0 Å². The van der Waals surface area contributed by atoms with Gasteiger partial charge in [-0.2, -0.15) is 11.3 Å². The molecule has 18 heavy (non-hydrogen) atoms. The Balaban J connectivity index is 2.31. The lowest BCUT2D eigenvalue weighted by Crippen LogP contribution is -2.11. The number of aromatic carboxylic acids is 1. The molecule has 0 saturated carbocycles. The monoisotopic (exact) mass is 265 g/mol. The van der Waals surface area contributed by atoms with E-state index in [1.807, 2.05) is 23.8 Å². The van der Waals surface area contributed by atoms with Gasteiger partial charge in [0.05, 0.1) is 11.3 Å². The largest absolute Gasteiger partial charge is 0.478 e. The predicted octanol–water partition coefficient (Wildman–Crippen LogP) is 3.76. The summed E-state index contributed by atoms with van der Waals surface area (Å²) in [5.74, 6) is -1.70. The summed E-state index contributed by atoms with van der Waals surface area (Å²) in [6.45, 7) is 1.86. The van der Waals surface area contributed by atoms with Crippen LogP contribution in [0.4, 0.5) is 10.1 Å². The van der Waals surface area contributed by atoms with Crippen LogP contribution in [0.1, 0.15) is 28.9 Å². The maximum absolute atomic E-state index is 13.7. The van der Waals surface area contributed by atoms with Gasteiger partial charge in [-0.3, -0.25) is 0 Å². The first-order valence-electron chi connectivity index (χ1n) is 5.40. The normalized spacial score (nSPS) is 12.1. The van der Waals surface area contributed by atoms with Crippen molar-refractivity contribution in [2.75, 3.05) is 5.32 Å². The van der Waals surface area contributed by atoms with Crippen molar-refractivity contribution in [2.45, 2.75) is 13.0 Å². The van der Waals surface area contributed by atoms with E-state index in [2.05, 4.69) is 5.32 Å². The minimum absolute atomic E-state index is 0.0312. The van der Waals surface area contributed by atoms with E-state index >= 15 is 0 Å². The number of carboxylic acids is 1. The summed E-state index contributed by atoms with van der Waals surface area (Å²) in [6, 6.07) is 5.79. The van der Waals surface area contributed by atoms with Crippen LogP contribution >= 0.6 is 11.3 Å². The van der Waals surface area contributed by atoms with Crippen molar-refractivity contribution in [3.8, 4) is 0 Å². The van der Waals surface area contributed by atoms with Gasteiger partial charge in [-0.25, -0.2) is 9.18 Å². The Labute approximate surface area is 108 Å². The lowest BCUT2D eigenvalue weighted by atomic mass is 10.1. The summed E-state index contributed by atoms with van der Waals surface area (Å²) >= 11 is 1.54. The van der Waals surface area contributed by atoms with E-state index in [1.54, 1.807) is 11.3 Å². The molecule has 2 N–H and O–H groups in total. The molecule has 1 aromatic heterocycles. The summed E-state index contributed by atoms with van der Waals surface area (Å²) < 4.78 is 13.7. The minimum atomic E-state index is -1.14. The Morgan fingerprint density at radius 1 is 1.44 bits per heavy atom. The fraction of sp³-hybridized carbons (Fsp3) is 0.154. The molecule has 0 aliphatic rings. The lowest BCUT2D eigenvalue weighted by molar-refractivity contribution is 0.0697. The maximum atomic E-state index is 13.7. The molecule has 2 aromatic rings. The van der Waals surface area contributed by atoms with Crippen molar-refractivity contribution in [1.29, 1.82) is 0 Å². The first-order chi connectivity index (χ1) is 8.59. The standard InChI is InChI=1S/C13H12FNO2S/c1-8(9-5-6-18-7-9)15-12-10(13(16)17)3-2-4-11(12)14/h2-8,15H,1H3,(H,16,17). The molecule has 0 aliphatic carbocycles. The van der Waals surface area contributed by atoms with Crippen molar-refractivity contribution >= 4 is 23.0 Å². The SMILES string of the molecule is CC(Nc1c(F)cccc1C(=O)O)c1ccsc1. The molecule has 1 aromatic carbocycles. The molecular weight excluding hydrogens is 253 g/mol. The van der Waals surface area contributed by atoms with Crippen LogP contribution in [0.15, 0.2) is 35.0 Å². The number of para-hydroxylation sites is 1. The van der Waals surface area contributed by atoms with Gasteiger partial charge in [-0.05, 0) is 41.4 Å². The van der Waals surface area contributed by atoms with Crippen molar-refractivity contribution in [3.63, 3.8) is 0 Å². The zero-order valence-corrected chi connectivity index (χ0v) is 10.5. The van der Waals surface area contributed by atoms with Gasteiger partial charge in [0.2, 0.25) is 0 Å². The number of rotatable bonds is 4. The molecule has 5 heteroatoms. The highest BCUT2D eigenvalue weighted by molar-refractivity contribution is 7.07. The van der Waals surface area contributed by atoms with Gasteiger partial charge in [0.1, 0.15) is 5.82 Å². The number of thiophene rings is 1. The molecule has 0 amide bonds. The second-order valence-electron chi connectivity index (χ2n) is 3.89. The fourth-order valence-electron chi connectivity index (χ4n) is 1.67. The number of hydrogen-bond acceptors (Lipinski definition) is 3. The number of hydrogen-bond donors (Lipinski definition) is 2. The molecule has 94 valence electrons.